The number of rotatable bonds is 5. The van der Waals surface area contributed by atoms with Crippen LogP contribution in [0.1, 0.15) is 32.1 Å². The van der Waals surface area contributed by atoms with Gasteiger partial charge >= 0.3 is 0 Å². The molecule has 1 rings (SSSR count). The second-order valence-electron chi connectivity index (χ2n) is 4.30. The van der Waals surface area contributed by atoms with Crippen LogP contribution in [-0.4, -0.2) is 22.5 Å². The van der Waals surface area contributed by atoms with E-state index in [0.717, 1.165) is 18.1 Å². The first kappa shape index (κ1) is 12.4. The van der Waals surface area contributed by atoms with Crippen molar-refractivity contribution in [3.8, 4) is 0 Å². The van der Waals surface area contributed by atoms with Gasteiger partial charge in [0.2, 0.25) is 0 Å². The van der Waals surface area contributed by atoms with E-state index in [9.17, 15) is 0 Å². The summed E-state index contributed by atoms with van der Waals surface area (Å²) in [5.41, 5.74) is 2.78. The predicted octanol–water partition coefficient (Wildman–Crippen LogP) is 2.05. The summed E-state index contributed by atoms with van der Waals surface area (Å²) in [5.74, 6) is 5.29. The molecule has 0 aliphatic heterocycles. The third-order valence-corrected chi connectivity index (χ3v) is 3.88. The van der Waals surface area contributed by atoms with E-state index in [-0.39, 0.29) is 5.54 Å². The van der Waals surface area contributed by atoms with Gasteiger partial charge in [0.05, 0.1) is 0 Å². The Balaban J connectivity index is 2.61. The zero-order chi connectivity index (χ0) is 11.5. The fraction of sp³-hybridized carbons (Fsp3) is 0.700. The Labute approximate surface area is 95.5 Å². The number of nitrogen functional groups attached to an aromatic ring is 1. The SMILES string of the molecule is CCC(C)(C)N(C)Cc1cnc(NN)s1. The molecule has 15 heavy (non-hydrogen) atoms. The van der Waals surface area contributed by atoms with Gasteiger partial charge in [-0.1, -0.05) is 18.3 Å². The number of nitrogens with one attached hydrogen (secondary N) is 1. The fourth-order valence-corrected chi connectivity index (χ4v) is 1.94. The van der Waals surface area contributed by atoms with E-state index >= 15 is 0 Å². The summed E-state index contributed by atoms with van der Waals surface area (Å²) in [4.78, 5) is 7.71. The number of thiazole rings is 1. The molecule has 0 radical (unpaired) electrons. The first-order valence-electron chi connectivity index (χ1n) is 5.12. The van der Waals surface area contributed by atoms with E-state index in [4.69, 9.17) is 5.84 Å². The van der Waals surface area contributed by atoms with Crippen LogP contribution in [-0.2, 0) is 6.54 Å². The lowest BCUT2D eigenvalue weighted by Gasteiger charge is -2.34. The molecule has 1 aromatic heterocycles. The average molecular weight is 228 g/mol. The lowest BCUT2D eigenvalue weighted by Crippen LogP contribution is -2.39. The van der Waals surface area contributed by atoms with Crippen LogP contribution in [0.2, 0.25) is 0 Å². The predicted molar refractivity (Wildman–Crippen MR) is 65.8 cm³/mol. The topological polar surface area (TPSA) is 54.2 Å². The lowest BCUT2D eigenvalue weighted by molar-refractivity contribution is 0.144. The van der Waals surface area contributed by atoms with Crippen LogP contribution in [0.4, 0.5) is 5.13 Å². The number of hydrogen-bond donors (Lipinski definition) is 2. The zero-order valence-electron chi connectivity index (χ0n) is 9.87. The number of nitrogens with two attached hydrogens (primary N) is 1. The number of nitrogens with zero attached hydrogens (tertiary/aromatic N) is 2. The van der Waals surface area contributed by atoms with Crippen molar-refractivity contribution >= 4 is 16.5 Å². The Morgan fingerprint density at radius 2 is 2.27 bits per heavy atom. The van der Waals surface area contributed by atoms with Gasteiger partial charge in [0.1, 0.15) is 0 Å². The van der Waals surface area contributed by atoms with Crippen molar-refractivity contribution in [2.75, 3.05) is 12.5 Å². The van der Waals surface area contributed by atoms with Crippen molar-refractivity contribution in [2.24, 2.45) is 5.84 Å². The monoisotopic (exact) mass is 228 g/mol. The molecule has 0 bridgehead atoms. The molecule has 0 aliphatic carbocycles. The van der Waals surface area contributed by atoms with Gasteiger partial charge in [-0.15, -0.1) is 0 Å². The van der Waals surface area contributed by atoms with Crippen molar-refractivity contribution < 1.29 is 0 Å². The molecule has 0 aliphatic rings. The number of aromatic nitrogens is 1. The normalized spacial score (nSPS) is 12.1. The lowest BCUT2D eigenvalue weighted by atomic mass is 10.0. The van der Waals surface area contributed by atoms with Crippen molar-refractivity contribution in [3.63, 3.8) is 0 Å². The van der Waals surface area contributed by atoms with Gasteiger partial charge < -0.3 is 0 Å². The smallest absolute Gasteiger partial charge is 0.197 e. The van der Waals surface area contributed by atoms with E-state index in [2.05, 4.69) is 43.1 Å². The van der Waals surface area contributed by atoms with E-state index < -0.39 is 0 Å². The Morgan fingerprint density at radius 3 is 2.73 bits per heavy atom. The van der Waals surface area contributed by atoms with Gasteiger partial charge in [-0.3, -0.25) is 10.3 Å². The molecule has 0 saturated heterocycles. The minimum Gasteiger partial charge on any atom is -0.300 e. The molecule has 0 unspecified atom stereocenters. The second-order valence-corrected chi connectivity index (χ2v) is 5.41. The van der Waals surface area contributed by atoms with Gasteiger partial charge in [-0.2, -0.15) is 0 Å². The molecule has 1 aromatic rings. The van der Waals surface area contributed by atoms with Crippen molar-refractivity contribution in [3.05, 3.63) is 11.1 Å². The quantitative estimate of drug-likeness (QED) is 0.598. The van der Waals surface area contributed by atoms with Gasteiger partial charge in [0, 0.05) is 23.2 Å². The molecular formula is C10H20N4S. The fourth-order valence-electron chi connectivity index (χ4n) is 1.17. The molecule has 0 amide bonds. The Hall–Kier alpha value is -0.650. The minimum atomic E-state index is 0.223. The van der Waals surface area contributed by atoms with Crippen LogP contribution in [0.5, 0.6) is 0 Å². The zero-order valence-corrected chi connectivity index (χ0v) is 10.7. The molecule has 0 saturated carbocycles. The maximum Gasteiger partial charge on any atom is 0.197 e. The van der Waals surface area contributed by atoms with Crippen molar-refractivity contribution in [2.45, 2.75) is 39.3 Å². The van der Waals surface area contributed by atoms with E-state index in [1.165, 1.54) is 4.88 Å². The van der Waals surface area contributed by atoms with Crippen LogP contribution in [0, 0.1) is 0 Å². The second kappa shape index (κ2) is 4.92. The molecule has 0 atom stereocenters. The largest absolute Gasteiger partial charge is 0.300 e. The summed E-state index contributed by atoms with van der Waals surface area (Å²) in [6.45, 7) is 7.61. The first-order chi connectivity index (χ1) is 6.99. The third kappa shape index (κ3) is 3.15. The van der Waals surface area contributed by atoms with Crippen LogP contribution in [0.25, 0.3) is 0 Å². The Morgan fingerprint density at radius 1 is 1.60 bits per heavy atom. The minimum absolute atomic E-state index is 0.223. The highest BCUT2D eigenvalue weighted by molar-refractivity contribution is 7.15. The van der Waals surface area contributed by atoms with E-state index in [1.54, 1.807) is 11.3 Å². The summed E-state index contributed by atoms with van der Waals surface area (Å²) < 4.78 is 0. The molecule has 0 spiro atoms. The molecule has 0 aromatic carbocycles. The molecule has 1 heterocycles. The first-order valence-corrected chi connectivity index (χ1v) is 5.94. The highest BCUT2D eigenvalue weighted by Crippen LogP contribution is 2.23. The highest BCUT2D eigenvalue weighted by Gasteiger charge is 2.21. The molecule has 3 N–H and O–H groups in total. The summed E-state index contributed by atoms with van der Waals surface area (Å²) in [5, 5.41) is 0.771. The number of hydrazine groups is 1. The van der Waals surface area contributed by atoms with E-state index in [1.807, 2.05) is 6.20 Å². The number of anilines is 1. The molecule has 86 valence electrons. The summed E-state index contributed by atoms with van der Waals surface area (Å²) in [6.07, 6.45) is 3.01. The Kier molecular flexibility index (Phi) is 4.07. The standard InChI is InChI=1S/C10H20N4S/c1-5-10(2,3)14(4)7-8-6-12-9(13-11)15-8/h6H,5,7,11H2,1-4H3,(H,12,13). The average Bonchev–Trinajstić information content (AvgIpc) is 2.65. The van der Waals surface area contributed by atoms with Gasteiger partial charge in [0.15, 0.2) is 5.13 Å². The summed E-state index contributed by atoms with van der Waals surface area (Å²) in [6, 6.07) is 0. The van der Waals surface area contributed by atoms with E-state index in [0.29, 0.717) is 0 Å². The molecule has 5 heteroatoms. The summed E-state index contributed by atoms with van der Waals surface area (Å²) in [7, 11) is 2.14. The maximum atomic E-state index is 5.29. The van der Waals surface area contributed by atoms with Gasteiger partial charge in [-0.25, -0.2) is 10.8 Å². The van der Waals surface area contributed by atoms with Gasteiger partial charge in [0.25, 0.3) is 0 Å². The third-order valence-electron chi connectivity index (χ3n) is 2.97. The van der Waals surface area contributed by atoms with Crippen LogP contribution >= 0.6 is 11.3 Å². The van der Waals surface area contributed by atoms with Crippen LogP contribution < -0.4 is 11.3 Å². The summed E-state index contributed by atoms with van der Waals surface area (Å²) >= 11 is 1.60. The Bertz CT molecular complexity index is 308. The van der Waals surface area contributed by atoms with Crippen LogP contribution in [0.15, 0.2) is 6.20 Å². The highest BCUT2D eigenvalue weighted by atomic mass is 32.1. The van der Waals surface area contributed by atoms with Crippen LogP contribution in [0.3, 0.4) is 0 Å². The van der Waals surface area contributed by atoms with Crippen molar-refractivity contribution in [1.29, 1.82) is 0 Å². The number of hydrogen-bond acceptors (Lipinski definition) is 5. The maximum absolute atomic E-state index is 5.29. The molecular weight excluding hydrogens is 208 g/mol. The van der Waals surface area contributed by atoms with Crippen molar-refractivity contribution in [1.82, 2.24) is 9.88 Å². The molecule has 4 nitrogen and oxygen atoms in total. The van der Waals surface area contributed by atoms with Gasteiger partial charge in [-0.05, 0) is 27.3 Å². The molecule has 0 fully saturated rings.